The number of unbranched alkanes of at least 4 members (excludes halogenated alkanes) is 1. The molecule has 0 spiro atoms. The molecule has 8 nitrogen and oxygen atoms in total. The van der Waals surface area contributed by atoms with Crippen LogP contribution in [0.25, 0.3) is 5.43 Å². The molecule has 0 unspecified atom stereocenters. The van der Waals surface area contributed by atoms with Crippen molar-refractivity contribution in [2.45, 2.75) is 45.3 Å². The number of nitrogens with one attached hydrogen (secondary N) is 1. The molecule has 1 aliphatic heterocycles. The van der Waals surface area contributed by atoms with Crippen LogP contribution >= 0.6 is 15.9 Å². The Hall–Kier alpha value is -1.06. The van der Waals surface area contributed by atoms with Gasteiger partial charge in [0, 0.05) is 56.5 Å². The predicted molar refractivity (Wildman–Crippen MR) is 111 cm³/mol. The van der Waals surface area contributed by atoms with Crippen LogP contribution < -0.4 is 21.8 Å². The number of nitrogen functional groups attached to an aromatic ring is 1. The van der Waals surface area contributed by atoms with Crippen molar-refractivity contribution < 1.29 is 34.4 Å². The zero-order valence-corrected chi connectivity index (χ0v) is 20.4. The molecule has 0 aliphatic carbocycles. The van der Waals surface area contributed by atoms with E-state index in [1.54, 1.807) is 6.07 Å². The van der Waals surface area contributed by atoms with E-state index >= 15 is 0 Å². The minimum absolute atomic E-state index is 0. The molecule has 1 fully saturated rings. The van der Waals surface area contributed by atoms with Crippen molar-refractivity contribution >= 4 is 39.1 Å². The van der Waals surface area contributed by atoms with Crippen molar-refractivity contribution in [3.63, 3.8) is 0 Å². The zero-order valence-electron chi connectivity index (χ0n) is 16.5. The monoisotopic (exact) mass is 635 g/mol. The molecule has 1 amide bonds. The number of rotatable bonds is 8. The Morgan fingerprint density at radius 2 is 2.04 bits per heavy atom. The Morgan fingerprint density at radius 3 is 2.64 bits per heavy atom. The Bertz CT molecular complexity index is 651. The zero-order chi connectivity index (χ0) is 20.0. The molecule has 1 radical (unpaired) electrons. The first kappa shape index (κ1) is 25.0. The molecule has 0 bridgehead atoms. The normalized spacial score (nSPS) is 14.1. The van der Waals surface area contributed by atoms with Gasteiger partial charge in [0.15, 0.2) is 0 Å². The second kappa shape index (κ2) is 11.2. The van der Waals surface area contributed by atoms with Crippen molar-refractivity contribution in [2.24, 2.45) is 5.84 Å². The Morgan fingerprint density at radius 1 is 1.36 bits per heavy atom. The van der Waals surface area contributed by atoms with Gasteiger partial charge < -0.3 is 36.7 Å². The van der Waals surface area contributed by atoms with Crippen LogP contribution in [0.5, 0.6) is 0 Å². The molecule has 5 N–H and O–H groups in total. The van der Waals surface area contributed by atoms with E-state index in [-0.39, 0.29) is 32.3 Å². The standard InChI is InChI=1S/C18H29BrN5O3.Ir/c1-18(2,3)27-17(25)22-6-4-5-7-26-13-10-24(11-13)15-9-12(19)8-14(23-21)16(15)20;/h8-9,13H,4-7,10-11,20-21H2,1-3H3,(H,22,25);/q-1;. The molecule has 161 valence electrons. The molecule has 0 atom stereocenters. The second-order valence-corrected chi connectivity index (χ2v) is 8.44. The van der Waals surface area contributed by atoms with E-state index in [4.69, 9.17) is 21.1 Å². The summed E-state index contributed by atoms with van der Waals surface area (Å²) in [7, 11) is 0. The largest absolute Gasteiger partial charge is 0.624 e. The van der Waals surface area contributed by atoms with Gasteiger partial charge in [0.25, 0.3) is 0 Å². The SMILES string of the molecule is CC(C)(C)OC(=O)NCCCCOC1CN(c2cc(Br)cc([N-]N)c2N)C1.[Ir]. The van der Waals surface area contributed by atoms with E-state index in [9.17, 15) is 4.79 Å². The first-order valence-electron chi connectivity index (χ1n) is 9.03. The third kappa shape index (κ3) is 7.75. The van der Waals surface area contributed by atoms with Crippen molar-refractivity contribution in [1.29, 1.82) is 0 Å². The van der Waals surface area contributed by atoms with E-state index in [2.05, 4.69) is 31.6 Å². The average Bonchev–Trinajstić information content (AvgIpc) is 2.52. The van der Waals surface area contributed by atoms with Crippen LogP contribution in [0.4, 0.5) is 21.9 Å². The number of anilines is 2. The number of benzene rings is 1. The summed E-state index contributed by atoms with van der Waals surface area (Å²) in [4.78, 5) is 13.7. The van der Waals surface area contributed by atoms with Crippen molar-refractivity contribution in [3.05, 3.63) is 22.0 Å². The summed E-state index contributed by atoms with van der Waals surface area (Å²) in [5.74, 6) is 5.38. The number of carbonyl (C=O) groups is 1. The van der Waals surface area contributed by atoms with E-state index in [1.807, 2.05) is 26.8 Å². The minimum atomic E-state index is -0.472. The molecule has 2 rings (SSSR count). The van der Waals surface area contributed by atoms with Crippen LogP contribution in [-0.2, 0) is 29.6 Å². The maximum absolute atomic E-state index is 11.5. The minimum Gasteiger partial charge on any atom is -0.624 e. The fourth-order valence-electron chi connectivity index (χ4n) is 2.68. The molecule has 1 aromatic rings. The van der Waals surface area contributed by atoms with Crippen LogP contribution in [-0.4, -0.2) is 44.0 Å². The van der Waals surface area contributed by atoms with E-state index in [0.29, 0.717) is 24.5 Å². The summed E-state index contributed by atoms with van der Waals surface area (Å²) < 4.78 is 11.9. The van der Waals surface area contributed by atoms with Gasteiger partial charge in [0.2, 0.25) is 0 Å². The number of nitrogens with two attached hydrogens (primary N) is 2. The summed E-state index contributed by atoms with van der Waals surface area (Å²) in [6.07, 6.45) is 1.52. The van der Waals surface area contributed by atoms with Crippen molar-refractivity contribution in [3.8, 4) is 0 Å². The van der Waals surface area contributed by atoms with Gasteiger partial charge in [-0.2, -0.15) is 0 Å². The number of halogens is 1. The van der Waals surface area contributed by atoms with Crippen LogP contribution in [0.2, 0.25) is 0 Å². The van der Waals surface area contributed by atoms with Crippen LogP contribution in [0, 0.1) is 0 Å². The summed E-state index contributed by atoms with van der Waals surface area (Å²) in [6, 6.07) is 3.75. The molecule has 28 heavy (non-hydrogen) atoms. The summed E-state index contributed by atoms with van der Waals surface area (Å²) in [5.41, 5.74) is 11.4. The molecular formula is C18H29BrIrN5O3-. The first-order valence-corrected chi connectivity index (χ1v) is 9.82. The van der Waals surface area contributed by atoms with Gasteiger partial charge in [-0.25, -0.2) is 4.79 Å². The fraction of sp³-hybridized carbons (Fsp3) is 0.611. The molecule has 1 heterocycles. The molecule has 1 aromatic carbocycles. The molecule has 0 saturated carbocycles. The summed E-state index contributed by atoms with van der Waals surface area (Å²) in [5, 5.41) is 2.74. The maximum Gasteiger partial charge on any atom is 0.407 e. The Labute approximate surface area is 188 Å². The predicted octanol–water partition coefficient (Wildman–Crippen LogP) is 3.42. The third-order valence-corrected chi connectivity index (χ3v) is 4.48. The fourth-order valence-corrected chi connectivity index (χ4v) is 3.11. The third-order valence-electron chi connectivity index (χ3n) is 4.02. The number of amides is 1. The van der Waals surface area contributed by atoms with Gasteiger partial charge in [-0.15, -0.1) is 5.69 Å². The van der Waals surface area contributed by atoms with Gasteiger partial charge >= 0.3 is 6.09 Å². The molecule has 1 saturated heterocycles. The number of carbonyl (C=O) groups excluding carboxylic acids is 1. The van der Waals surface area contributed by atoms with Gasteiger partial charge in [-0.1, -0.05) is 22.0 Å². The number of hydrogen-bond donors (Lipinski definition) is 3. The van der Waals surface area contributed by atoms with Gasteiger partial charge in [0.1, 0.15) is 5.60 Å². The Kier molecular flexibility index (Phi) is 10.00. The second-order valence-electron chi connectivity index (χ2n) is 7.52. The first-order chi connectivity index (χ1) is 12.7. The molecular weight excluding hydrogens is 606 g/mol. The summed E-state index contributed by atoms with van der Waals surface area (Å²) in [6.45, 7) is 8.32. The maximum atomic E-state index is 11.5. The summed E-state index contributed by atoms with van der Waals surface area (Å²) >= 11 is 3.45. The quantitative estimate of drug-likeness (QED) is 0.175. The van der Waals surface area contributed by atoms with Crippen LogP contribution in [0.1, 0.15) is 33.6 Å². The number of hydrogen-bond acceptors (Lipinski definition) is 6. The number of alkyl carbamates (subject to hydrolysis) is 1. The van der Waals surface area contributed by atoms with Gasteiger partial charge in [-0.05, 0) is 39.7 Å². The van der Waals surface area contributed by atoms with Gasteiger partial charge in [0.05, 0.1) is 11.8 Å². The average molecular weight is 636 g/mol. The molecule has 10 heteroatoms. The van der Waals surface area contributed by atoms with Gasteiger partial charge in [-0.3, -0.25) is 0 Å². The number of ether oxygens (including phenoxy) is 2. The van der Waals surface area contributed by atoms with E-state index in [1.165, 1.54) is 0 Å². The van der Waals surface area contributed by atoms with E-state index < -0.39 is 5.60 Å². The molecule has 0 aromatic heterocycles. The Balaban J connectivity index is 0.00000392. The van der Waals surface area contributed by atoms with Crippen molar-refractivity contribution in [1.82, 2.24) is 5.32 Å². The van der Waals surface area contributed by atoms with E-state index in [0.717, 1.165) is 36.1 Å². The number of nitrogens with zero attached hydrogens (tertiary/aromatic N) is 2. The van der Waals surface area contributed by atoms with Crippen LogP contribution in [0.15, 0.2) is 16.6 Å². The smallest absolute Gasteiger partial charge is 0.407 e. The topological polar surface area (TPSA) is 117 Å². The van der Waals surface area contributed by atoms with Crippen molar-refractivity contribution in [2.75, 3.05) is 36.9 Å². The molecule has 1 aliphatic rings. The van der Waals surface area contributed by atoms with Crippen LogP contribution in [0.3, 0.4) is 0 Å².